The van der Waals surface area contributed by atoms with Gasteiger partial charge in [0.15, 0.2) is 0 Å². The monoisotopic (exact) mass is 525 g/mol. The van der Waals surface area contributed by atoms with Crippen molar-refractivity contribution in [1.29, 1.82) is 0 Å². The summed E-state index contributed by atoms with van der Waals surface area (Å²) in [6, 6.07) is 6.12. The number of aliphatic hydroxyl groups is 1. The Morgan fingerprint density at radius 3 is 2.50 bits per heavy atom. The van der Waals surface area contributed by atoms with E-state index in [-0.39, 0.29) is 11.5 Å². The second kappa shape index (κ2) is 13.7. The molecule has 3 aliphatic rings. The molecule has 3 unspecified atom stereocenters. The van der Waals surface area contributed by atoms with Gasteiger partial charge in [0.25, 0.3) is 0 Å². The zero-order chi connectivity index (χ0) is 27.1. The summed E-state index contributed by atoms with van der Waals surface area (Å²) in [6.07, 6.45) is 19.6. The van der Waals surface area contributed by atoms with E-state index in [1.54, 1.807) is 0 Å². The van der Waals surface area contributed by atoms with Gasteiger partial charge in [-0.15, -0.1) is 0 Å². The quantitative estimate of drug-likeness (QED) is 0.242. The number of hydrogen-bond donors (Lipinski definition) is 2. The molecule has 6 atom stereocenters. The maximum Gasteiger partial charge on any atom is 0.222 e. The first-order valence-corrected chi connectivity index (χ1v) is 16.1. The Morgan fingerprint density at radius 2 is 1.74 bits per heavy atom. The average Bonchev–Trinajstić information content (AvgIpc) is 3.21. The molecule has 0 spiro atoms. The lowest BCUT2D eigenvalue weighted by atomic mass is 9.52. The molecular formula is C34H55NO3. The standard InChI is InChI=1S/C34H55NO3/c1-4-5-11-15-32(38)35(3)22-13-10-8-6-7-9-12-14-25-23-26-24-27(36)16-17-28(26)29-20-21-34(2)30(33(25)29)18-19-31(34)37/h16-17,24-25,29-31,33,36-37H,4-15,18-23H2,1-3H3/t25-,29?,30?,31+,33?,34+/m1/s1. The van der Waals surface area contributed by atoms with Crippen molar-refractivity contribution in [3.63, 3.8) is 0 Å². The number of nitrogens with zero attached hydrogens (tertiary/aromatic N) is 1. The summed E-state index contributed by atoms with van der Waals surface area (Å²) < 4.78 is 0. The van der Waals surface area contributed by atoms with Crippen LogP contribution in [0.15, 0.2) is 18.2 Å². The summed E-state index contributed by atoms with van der Waals surface area (Å²) in [4.78, 5) is 14.1. The van der Waals surface area contributed by atoms with E-state index in [9.17, 15) is 15.0 Å². The van der Waals surface area contributed by atoms with Crippen molar-refractivity contribution in [3.05, 3.63) is 29.3 Å². The first-order chi connectivity index (χ1) is 18.3. The third-order valence-electron chi connectivity index (χ3n) is 10.8. The molecule has 214 valence electrons. The van der Waals surface area contributed by atoms with Gasteiger partial charge < -0.3 is 15.1 Å². The smallest absolute Gasteiger partial charge is 0.222 e. The highest BCUT2D eigenvalue weighted by Gasteiger charge is 2.56. The van der Waals surface area contributed by atoms with Crippen molar-refractivity contribution in [3.8, 4) is 5.75 Å². The van der Waals surface area contributed by atoms with Gasteiger partial charge in [0.1, 0.15) is 5.75 Å². The molecule has 1 aromatic carbocycles. The molecule has 1 aromatic rings. The summed E-state index contributed by atoms with van der Waals surface area (Å²) in [7, 11) is 1.96. The number of rotatable bonds is 14. The summed E-state index contributed by atoms with van der Waals surface area (Å²) in [5.74, 6) is 3.32. The van der Waals surface area contributed by atoms with Gasteiger partial charge in [0.2, 0.25) is 5.91 Å². The van der Waals surface area contributed by atoms with Crippen molar-refractivity contribution < 1.29 is 15.0 Å². The lowest BCUT2D eigenvalue weighted by Crippen LogP contribution is -2.47. The number of hydrogen-bond acceptors (Lipinski definition) is 3. The van der Waals surface area contributed by atoms with E-state index < -0.39 is 0 Å². The van der Waals surface area contributed by atoms with E-state index >= 15 is 0 Å². The molecule has 0 aromatic heterocycles. The fourth-order valence-corrected chi connectivity index (χ4v) is 8.51. The third-order valence-corrected chi connectivity index (χ3v) is 10.8. The number of unbranched alkanes of at least 4 members (excludes halogenated alkanes) is 8. The predicted molar refractivity (Wildman–Crippen MR) is 156 cm³/mol. The fraction of sp³-hybridized carbons (Fsp3) is 0.794. The number of aromatic hydroxyl groups is 1. The Labute approximate surface area is 232 Å². The number of carbonyl (C=O) groups is 1. The summed E-state index contributed by atoms with van der Waals surface area (Å²) >= 11 is 0. The van der Waals surface area contributed by atoms with Crippen molar-refractivity contribution in [2.24, 2.45) is 23.2 Å². The van der Waals surface area contributed by atoms with Crippen LogP contribution in [-0.4, -0.2) is 40.7 Å². The maximum atomic E-state index is 12.2. The highest BCUT2D eigenvalue weighted by Crippen LogP contribution is 2.62. The van der Waals surface area contributed by atoms with Gasteiger partial charge in [-0.3, -0.25) is 4.79 Å². The summed E-state index contributed by atoms with van der Waals surface area (Å²) in [5, 5.41) is 21.1. The van der Waals surface area contributed by atoms with Crippen LogP contribution in [0, 0.1) is 23.2 Å². The van der Waals surface area contributed by atoms with Crippen LogP contribution in [-0.2, 0) is 11.2 Å². The Bertz CT molecular complexity index is 900. The van der Waals surface area contributed by atoms with Crippen molar-refractivity contribution in [2.45, 2.75) is 135 Å². The number of carbonyl (C=O) groups excluding carboxylic acids is 1. The first-order valence-electron chi connectivity index (χ1n) is 16.1. The van der Waals surface area contributed by atoms with Crippen LogP contribution in [0.3, 0.4) is 0 Å². The van der Waals surface area contributed by atoms with Crippen LogP contribution in [0.2, 0.25) is 0 Å². The number of aliphatic hydroxyl groups excluding tert-OH is 1. The van der Waals surface area contributed by atoms with E-state index in [0.29, 0.717) is 41.7 Å². The van der Waals surface area contributed by atoms with Gasteiger partial charge >= 0.3 is 0 Å². The van der Waals surface area contributed by atoms with Gasteiger partial charge in [0, 0.05) is 20.0 Å². The van der Waals surface area contributed by atoms with Crippen LogP contribution in [0.5, 0.6) is 5.75 Å². The molecule has 4 nitrogen and oxygen atoms in total. The molecule has 0 heterocycles. The van der Waals surface area contributed by atoms with Crippen molar-refractivity contribution in [2.75, 3.05) is 13.6 Å². The molecular weight excluding hydrogens is 470 g/mol. The van der Waals surface area contributed by atoms with Gasteiger partial charge in [-0.1, -0.05) is 71.3 Å². The molecule has 3 aliphatic carbocycles. The van der Waals surface area contributed by atoms with Crippen LogP contribution in [0.4, 0.5) is 0 Å². The second-order valence-corrected chi connectivity index (χ2v) is 13.3. The molecule has 0 saturated heterocycles. The molecule has 2 N–H and O–H groups in total. The van der Waals surface area contributed by atoms with Crippen LogP contribution >= 0.6 is 0 Å². The molecule has 4 rings (SSSR count). The van der Waals surface area contributed by atoms with E-state index in [1.807, 2.05) is 24.1 Å². The van der Waals surface area contributed by atoms with Gasteiger partial charge in [-0.25, -0.2) is 0 Å². The largest absolute Gasteiger partial charge is 0.508 e. The van der Waals surface area contributed by atoms with E-state index in [1.165, 1.54) is 75.3 Å². The normalized spacial score (nSPS) is 29.9. The molecule has 2 saturated carbocycles. The lowest BCUT2D eigenvalue weighted by Gasteiger charge is -2.53. The van der Waals surface area contributed by atoms with E-state index in [4.69, 9.17) is 0 Å². The lowest BCUT2D eigenvalue weighted by molar-refractivity contribution is -0.130. The minimum Gasteiger partial charge on any atom is -0.508 e. The van der Waals surface area contributed by atoms with Crippen LogP contribution < -0.4 is 0 Å². The fourth-order valence-electron chi connectivity index (χ4n) is 8.51. The zero-order valence-corrected chi connectivity index (χ0v) is 24.6. The maximum absolute atomic E-state index is 12.2. The summed E-state index contributed by atoms with van der Waals surface area (Å²) in [6.45, 7) is 5.45. The molecule has 38 heavy (non-hydrogen) atoms. The first kappa shape index (κ1) is 29.4. The Morgan fingerprint density at radius 1 is 1.00 bits per heavy atom. The highest BCUT2D eigenvalue weighted by atomic mass is 16.3. The Balaban J connectivity index is 1.20. The van der Waals surface area contributed by atoms with Gasteiger partial charge in [0.05, 0.1) is 6.10 Å². The molecule has 2 fully saturated rings. The predicted octanol–water partition coefficient (Wildman–Crippen LogP) is 7.99. The third kappa shape index (κ3) is 6.77. The Kier molecular flexibility index (Phi) is 10.6. The van der Waals surface area contributed by atoms with Gasteiger partial charge in [-0.05, 0) is 104 Å². The van der Waals surface area contributed by atoms with Gasteiger partial charge in [-0.2, -0.15) is 0 Å². The average molecular weight is 526 g/mol. The molecule has 1 amide bonds. The Hall–Kier alpha value is -1.55. The number of phenols is 1. The number of fused-ring (bicyclic) bond motifs is 5. The number of amides is 1. The highest BCUT2D eigenvalue weighted by molar-refractivity contribution is 5.75. The minimum atomic E-state index is -0.130. The van der Waals surface area contributed by atoms with Crippen LogP contribution in [0.1, 0.15) is 134 Å². The van der Waals surface area contributed by atoms with Crippen molar-refractivity contribution in [1.82, 2.24) is 4.90 Å². The minimum absolute atomic E-state index is 0.0992. The van der Waals surface area contributed by atoms with Crippen LogP contribution in [0.25, 0.3) is 0 Å². The molecule has 0 radical (unpaired) electrons. The second-order valence-electron chi connectivity index (χ2n) is 13.3. The molecule has 4 heteroatoms. The topological polar surface area (TPSA) is 60.8 Å². The SMILES string of the molecule is CCCCCC(=O)N(C)CCCCCCCCC[C@@H]1Cc2cc(O)ccc2C2CC[C@@]3(C)C(CC[C@@H]3O)C21. The van der Waals surface area contributed by atoms with E-state index in [2.05, 4.69) is 19.9 Å². The van der Waals surface area contributed by atoms with Crippen molar-refractivity contribution >= 4 is 5.91 Å². The molecule has 0 bridgehead atoms. The molecule has 0 aliphatic heterocycles. The number of benzene rings is 1. The van der Waals surface area contributed by atoms with E-state index in [0.717, 1.165) is 45.1 Å². The summed E-state index contributed by atoms with van der Waals surface area (Å²) in [5.41, 5.74) is 2.97. The zero-order valence-electron chi connectivity index (χ0n) is 24.6. The number of phenolic OH excluding ortho intramolecular Hbond substituents is 1.